The van der Waals surface area contributed by atoms with E-state index in [1.165, 1.54) is 0 Å². The van der Waals surface area contributed by atoms with Gasteiger partial charge in [0.2, 0.25) is 11.9 Å². The second-order valence-electron chi connectivity index (χ2n) is 8.17. The fourth-order valence-electron chi connectivity index (χ4n) is 4.18. The lowest BCUT2D eigenvalue weighted by atomic mass is 9.94. The van der Waals surface area contributed by atoms with Gasteiger partial charge in [0.1, 0.15) is 12.0 Å². The zero-order chi connectivity index (χ0) is 22.6. The highest BCUT2D eigenvalue weighted by Gasteiger charge is 2.37. The standard InChI is InChI=1S/C23H30N6O3/c1-23(8-9-25-22(27-23)28-12-10-24-16-28)29-11-4-5-18(15-29)21(30)26-14-17-6-7-19(31-2)20(13-17)32-3/h6-10,12-13,16,18H,4-5,11,14-15H2,1-3H3,(H,25,27)(H,26,30). The summed E-state index contributed by atoms with van der Waals surface area (Å²) in [5.74, 6) is 2.01. The second kappa shape index (κ2) is 9.44. The third-order valence-corrected chi connectivity index (χ3v) is 6.04. The Morgan fingerprint density at radius 3 is 2.91 bits per heavy atom. The first-order valence-corrected chi connectivity index (χ1v) is 10.8. The number of aromatic nitrogens is 2. The van der Waals surface area contributed by atoms with Crippen LogP contribution in [0.2, 0.25) is 0 Å². The van der Waals surface area contributed by atoms with Crippen molar-refractivity contribution in [3.63, 3.8) is 0 Å². The number of carbonyl (C=O) groups excluding carboxylic acids is 1. The average Bonchev–Trinajstić information content (AvgIpc) is 3.37. The highest BCUT2D eigenvalue weighted by atomic mass is 16.5. The van der Waals surface area contributed by atoms with Crippen molar-refractivity contribution in [2.45, 2.75) is 32.0 Å². The number of amides is 1. The molecule has 0 spiro atoms. The van der Waals surface area contributed by atoms with E-state index in [9.17, 15) is 4.79 Å². The van der Waals surface area contributed by atoms with E-state index in [4.69, 9.17) is 14.5 Å². The Morgan fingerprint density at radius 2 is 2.16 bits per heavy atom. The van der Waals surface area contributed by atoms with Crippen molar-refractivity contribution in [3.05, 3.63) is 54.8 Å². The molecule has 170 valence electrons. The largest absolute Gasteiger partial charge is 0.493 e. The minimum absolute atomic E-state index is 0.0600. The van der Waals surface area contributed by atoms with Gasteiger partial charge in [-0.2, -0.15) is 0 Å². The lowest BCUT2D eigenvalue weighted by molar-refractivity contribution is -0.127. The Balaban J connectivity index is 1.40. The Bertz CT molecular complexity index is 1000. The Morgan fingerprint density at radius 1 is 1.31 bits per heavy atom. The van der Waals surface area contributed by atoms with Crippen LogP contribution in [-0.4, -0.2) is 59.3 Å². The van der Waals surface area contributed by atoms with Crippen LogP contribution in [0.25, 0.3) is 0 Å². The number of ether oxygens (including phenoxy) is 2. The second-order valence-corrected chi connectivity index (χ2v) is 8.17. The Labute approximate surface area is 188 Å². The molecule has 1 aromatic carbocycles. The molecular weight excluding hydrogens is 408 g/mol. The van der Waals surface area contributed by atoms with E-state index in [0.717, 1.165) is 24.9 Å². The highest BCUT2D eigenvalue weighted by molar-refractivity contribution is 5.84. The molecule has 2 unspecified atom stereocenters. The number of hydrogen-bond donors (Lipinski definition) is 2. The molecule has 0 radical (unpaired) electrons. The van der Waals surface area contributed by atoms with Crippen molar-refractivity contribution in [3.8, 4) is 11.5 Å². The van der Waals surface area contributed by atoms with Gasteiger partial charge in [0.05, 0.1) is 20.1 Å². The van der Waals surface area contributed by atoms with Crippen LogP contribution < -0.4 is 20.1 Å². The maximum absolute atomic E-state index is 13.0. The van der Waals surface area contributed by atoms with Gasteiger partial charge in [-0.05, 0) is 43.5 Å². The molecule has 1 saturated heterocycles. The van der Waals surface area contributed by atoms with Gasteiger partial charge in [-0.1, -0.05) is 6.07 Å². The zero-order valence-electron chi connectivity index (χ0n) is 18.7. The molecule has 0 saturated carbocycles. The number of nitrogens with one attached hydrogen (secondary N) is 2. The molecule has 0 aliphatic carbocycles. The number of imidazole rings is 1. The predicted octanol–water partition coefficient (Wildman–Crippen LogP) is 1.97. The van der Waals surface area contributed by atoms with Gasteiger partial charge in [-0.25, -0.2) is 9.98 Å². The first kappa shape index (κ1) is 21.9. The smallest absolute Gasteiger partial charge is 0.224 e. The minimum Gasteiger partial charge on any atom is -0.493 e. The van der Waals surface area contributed by atoms with Crippen LogP contribution in [0.5, 0.6) is 11.5 Å². The number of rotatable bonds is 6. The van der Waals surface area contributed by atoms with Crippen molar-refractivity contribution >= 4 is 11.9 Å². The fourth-order valence-corrected chi connectivity index (χ4v) is 4.18. The number of piperidine rings is 1. The summed E-state index contributed by atoms with van der Waals surface area (Å²) in [5, 5.41) is 6.26. The molecule has 2 aromatic rings. The van der Waals surface area contributed by atoms with Crippen molar-refractivity contribution < 1.29 is 14.3 Å². The summed E-state index contributed by atoms with van der Waals surface area (Å²) in [7, 11) is 3.21. The Kier molecular flexibility index (Phi) is 6.45. The van der Waals surface area contributed by atoms with Crippen LogP contribution in [-0.2, 0) is 11.3 Å². The minimum atomic E-state index is -0.521. The average molecular weight is 439 g/mol. The number of nitrogens with zero attached hydrogens (tertiary/aromatic N) is 4. The van der Waals surface area contributed by atoms with Crippen LogP contribution in [0, 0.1) is 5.92 Å². The summed E-state index contributed by atoms with van der Waals surface area (Å²) in [4.78, 5) is 24.2. The van der Waals surface area contributed by atoms with Gasteiger partial charge in [-0.15, -0.1) is 0 Å². The van der Waals surface area contributed by atoms with Gasteiger partial charge in [0.15, 0.2) is 11.5 Å². The number of benzene rings is 1. The maximum atomic E-state index is 13.0. The molecule has 1 fully saturated rings. The molecule has 9 heteroatoms. The monoisotopic (exact) mass is 438 g/mol. The van der Waals surface area contributed by atoms with E-state index >= 15 is 0 Å². The van der Waals surface area contributed by atoms with Crippen LogP contribution in [0.15, 0.2) is 54.2 Å². The fraction of sp³-hybridized carbons (Fsp3) is 0.435. The van der Waals surface area contributed by atoms with Gasteiger partial charge < -0.3 is 20.1 Å². The SMILES string of the molecule is COc1ccc(CNC(=O)C2CCCN(C3(C)C=CNC(n4ccnc4)=N3)C2)cc1OC. The van der Waals surface area contributed by atoms with Crippen LogP contribution >= 0.6 is 0 Å². The third kappa shape index (κ3) is 4.62. The number of carbonyl (C=O) groups is 1. The quantitative estimate of drug-likeness (QED) is 0.716. The van der Waals surface area contributed by atoms with Crippen molar-refractivity contribution in [2.75, 3.05) is 27.3 Å². The molecule has 0 bridgehead atoms. The summed E-state index contributed by atoms with van der Waals surface area (Å²) >= 11 is 0. The molecule has 3 heterocycles. The molecule has 4 rings (SSSR count). The molecule has 1 aromatic heterocycles. The number of aliphatic imine (C=N–C) groups is 1. The summed E-state index contributed by atoms with van der Waals surface area (Å²) in [6.07, 6.45) is 11.0. The van der Waals surface area contributed by atoms with Crippen LogP contribution in [0.4, 0.5) is 0 Å². The predicted molar refractivity (Wildman–Crippen MR) is 121 cm³/mol. The van der Waals surface area contributed by atoms with E-state index in [2.05, 4.69) is 27.4 Å². The molecular formula is C23H30N6O3. The molecule has 2 aliphatic heterocycles. The van der Waals surface area contributed by atoms with Crippen LogP contribution in [0.1, 0.15) is 25.3 Å². The number of methoxy groups -OCH3 is 2. The van der Waals surface area contributed by atoms with Gasteiger partial charge in [0.25, 0.3) is 0 Å². The van der Waals surface area contributed by atoms with E-state index in [0.29, 0.717) is 30.5 Å². The first-order valence-electron chi connectivity index (χ1n) is 10.8. The summed E-state index contributed by atoms with van der Waals surface area (Å²) in [6, 6.07) is 5.67. The van der Waals surface area contributed by atoms with Gasteiger partial charge in [-0.3, -0.25) is 14.3 Å². The maximum Gasteiger partial charge on any atom is 0.224 e. The van der Waals surface area contributed by atoms with Crippen LogP contribution in [0.3, 0.4) is 0 Å². The first-order chi connectivity index (χ1) is 15.5. The van der Waals surface area contributed by atoms with Crippen molar-refractivity contribution in [1.29, 1.82) is 0 Å². The molecule has 2 aliphatic rings. The summed E-state index contributed by atoms with van der Waals surface area (Å²) in [5.41, 5.74) is 0.444. The highest BCUT2D eigenvalue weighted by Crippen LogP contribution is 2.29. The lowest BCUT2D eigenvalue weighted by Gasteiger charge is -2.42. The third-order valence-electron chi connectivity index (χ3n) is 6.04. The van der Waals surface area contributed by atoms with E-state index in [1.54, 1.807) is 26.7 Å². The molecule has 32 heavy (non-hydrogen) atoms. The number of likely N-dealkylation sites (tertiary alicyclic amines) is 1. The Hall–Kier alpha value is -3.33. The normalized spacial score (nSPS) is 23.2. The van der Waals surface area contributed by atoms with Gasteiger partial charge >= 0.3 is 0 Å². The van der Waals surface area contributed by atoms with Crippen molar-refractivity contribution in [1.82, 2.24) is 25.1 Å². The van der Waals surface area contributed by atoms with E-state index in [1.807, 2.05) is 41.2 Å². The van der Waals surface area contributed by atoms with Crippen molar-refractivity contribution in [2.24, 2.45) is 10.9 Å². The topological polar surface area (TPSA) is 93.0 Å². The molecule has 1 amide bonds. The van der Waals surface area contributed by atoms with E-state index < -0.39 is 5.66 Å². The number of hydrogen-bond acceptors (Lipinski definition) is 7. The zero-order valence-corrected chi connectivity index (χ0v) is 18.7. The molecule has 9 nitrogen and oxygen atoms in total. The lowest BCUT2D eigenvalue weighted by Crippen LogP contribution is -2.53. The summed E-state index contributed by atoms with van der Waals surface area (Å²) < 4.78 is 12.5. The molecule has 2 atom stereocenters. The molecule has 2 N–H and O–H groups in total. The summed E-state index contributed by atoms with van der Waals surface area (Å²) in [6.45, 7) is 4.06. The van der Waals surface area contributed by atoms with E-state index in [-0.39, 0.29) is 11.8 Å². The van der Waals surface area contributed by atoms with Gasteiger partial charge in [0, 0.05) is 38.2 Å².